The van der Waals surface area contributed by atoms with Gasteiger partial charge in [-0.2, -0.15) is 0 Å². The Bertz CT molecular complexity index is 385. The highest BCUT2D eigenvalue weighted by Gasteiger charge is 2.44. The van der Waals surface area contributed by atoms with Crippen LogP contribution in [0.25, 0.3) is 0 Å². The lowest BCUT2D eigenvalue weighted by molar-refractivity contribution is -0.129. The maximum Gasteiger partial charge on any atom is 0.233 e. The molecule has 0 atom stereocenters. The first-order valence-corrected chi connectivity index (χ1v) is 7.64. The molecule has 0 aromatic rings. The summed E-state index contributed by atoms with van der Waals surface area (Å²) in [6.45, 7) is 5.68. The fourth-order valence-corrected chi connectivity index (χ4v) is 3.25. The van der Waals surface area contributed by atoms with Crippen LogP contribution in [-0.2, 0) is 4.79 Å². The highest BCUT2D eigenvalue weighted by atomic mass is 16.4. The first kappa shape index (κ1) is 17.8. The monoisotopic (exact) mass is 298 g/mol. The molecule has 1 aliphatic rings. The Morgan fingerprint density at radius 1 is 1.33 bits per heavy atom. The van der Waals surface area contributed by atoms with Crippen molar-refractivity contribution in [2.45, 2.75) is 46.0 Å². The molecule has 1 aliphatic carbocycles. The Hall–Kier alpha value is -1.30. The van der Waals surface area contributed by atoms with Gasteiger partial charge in [-0.15, -0.1) is 0 Å². The van der Waals surface area contributed by atoms with Gasteiger partial charge in [-0.3, -0.25) is 4.79 Å². The summed E-state index contributed by atoms with van der Waals surface area (Å²) in [6.07, 6.45) is 4.28. The summed E-state index contributed by atoms with van der Waals surface area (Å²) in [6, 6.07) is 0. The molecule has 6 heteroatoms. The van der Waals surface area contributed by atoms with Gasteiger partial charge in [0.2, 0.25) is 5.91 Å². The van der Waals surface area contributed by atoms with E-state index >= 15 is 0 Å². The minimum Gasteiger partial charge on any atom is -0.409 e. The van der Waals surface area contributed by atoms with E-state index in [1.165, 1.54) is 0 Å². The van der Waals surface area contributed by atoms with Crippen LogP contribution in [0, 0.1) is 10.8 Å². The van der Waals surface area contributed by atoms with Gasteiger partial charge in [-0.05, 0) is 32.4 Å². The van der Waals surface area contributed by atoms with Crippen molar-refractivity contribution in [3.05, 3.63) is 0 Å². The van der Waals surface area contributed by atoms with Gasteiger partial charge in [0.1, 0.15) is 5.41 Å². The lowest BCUT2D eigenvalue weighted by Crippen LogP contribution is -2.53. The molecule has 6 nitrogen and oxygen atoms in total. The number of carbonyl (C=O) groups excluding carboxylic acids is 1. The predicted molar refractivity (Wildman–Crippen MR) is 84.3 cm³/mol. The fourth-order valence-electron chi connectivity index (χ4n) is 3.25. The molecular formula is C15H30N4O2. The summed E-state index contributed by atoms with van der Waals surface area (Å²) >= 11 is 0. The lowest BCUT2D eigenvalue weighted by atomic mass is 9.72. The Kier molecular flexibility index (Phi) is 6.01. The number of rotatable bonds is 6. The highest BCUT2D eigenvalue weighted by Crippen LogP contribution is 2.37. The first-order valence-electron chi connectivity index (χ1n) is 7.64. The van der Waals surface area contributed by atoms with Crippen LogP contribution in [0.1, 0.15) is 46.0 Å². The fraction of sp³-hybridized carbons (Fsp3) is 0.867. The van der Waals surface area contributed by atoms with Crippen molar-refractivity contribution in [1.29, 1.82) is 0 Å². The topological polar surface area (TPSA) is 91.0 Å². The van der Waals surface area contributed by atoms with Gasteiger partial charge in [-0.1, -0.05) is 38.3 Å². The van der Waals surface area contributed by atoms with E-state index in [1.807, 2.05) is 14.1 Å². The van der Waals surface area contributed by atoms with Crippen molar-refractivity contribution < 1.29 is 10.0 Å². The standard InChI is InChI=1S/C15H30N4O2/c1-14(2,11-19(3)4)10-17-13(20)15(12(16)18-21)8-6-5-7-9-15/h21H,5-11H2,1-4H3,(H2,16,18)(H,17,20). The largest absolute Gasteiger partial charge is 0.409 e. The van der Waals surface area contributed by atoms with E-state index in [4.69, 9.17) is 10.9 Å². The van der Waals surface area contributed by atoms with Gasteiger partial charge in [0.25, 0.3) is 0 Å². The van der Waals surface area contributed by atoms with Crippen molar-refractivity contribution in [2.24, 2.45) is 21.7 Å². The second-order valence-electron chi connectivity index (χ2n) is 7.21. The zero-order valence-electron chi connectivity index (χ0n) is 13.8. The van der Waals surface area contributed by atoms with E-state index < -0.39 is 5.41 Å². The molecule has 0 spiro atoms. The number of hydrogen-bond acceptors (Lipinski definition) is 4. The van der Waals surface area contributed by atoms with Gasteiger partial charge in [-0.25, -0.2) is 0 Å². The van der Waals surface area contributed by atoms with E-state index in [9.17, 15) is 4.79 Å². The predicted octanol–water partition coefficient (Wildman–Crippen LogP) is 1.39. The summed E-state index contributed by atoms with van der Waals surface area (Å²) in [4.78, 5) is 14.8. The molecule has 0 aliphatic heterocycles. The number of oxime groups is 1. The first-order chi connectivity index (χ1) is 9.73. The molecule has 1 rings (SSSR count). The molecule has 0 aromatic carbocycles. The molecule has 0 bridgehead atoms. The number of amidine groups is 1. The summed E-state index contributed by atoms with van der Waals surface area (Å²) in [7, 11) is 4.03. The summed E-state index contributed by atoms with van der Waals surface area (Å²) in [5.74, 6) is -0.0607. The van der Waals surface area contributed by atoms with Crippen LogP contribution >= 0.6 is 0 Å². The lowest BCUT2D eigenvalue weighted by Gasteiger charge is -2.36. The maximum atomic E-state index is 12.7. The van der Waals surface area contributed by atoms with Crippen molar-refractivity contribution in [2.75, 3.05) is 27.2 Å². The number of carbonyl (C=O) groups is 1. The highest BCUT2D eigenvalue weighted by molar-refractivity contribution is 6.06. The molecule has 1 amide bonds. The van der Waals surface area contributed by atoms with Crippen molar-refractivity contribution >= 4 is 11.7 Å². The quantitative estimate of drug-likeness (QED) is 0.299. The molecule has 21 heavy (non-hydrogen) atoms. The van der Waals surface area contributed by atoms with E-state index in [-0.39, 0.29) is 17.2 Å². The second kappa shape index (κ2) is 7.11. The molecule has 0 radical (unpaired) electrons. The maximum absolute atomic E-state index is 12.7. The van der Waals surface area contributed by atoms with Crippen LogP contribution in [0.3, 0.4) is 0 Å². The number of amides is 1. The minimum absolute atomic E-state index is 0.0276. The molecule has 1 saturated carbocycles. The Labute approximate surface area is 127 Å². The zero-order valence-corrected chi connectivity index (χ0v) is 13.8. The average molecular weight is 298 g/mol. The molecule has 4 N–H and O–H groups in total. The van der Waals surface area contributed by atoms with E-state index in [2.05, 4.69) is 29.2 Å². The summed E-state index contributed by atoms with van der Waals surface area (Å²) in [5.41, 5.74) is 4.97. The van der Waals surface area contributed by atoms with E-state index in [0.29, 0.717) is 19.4 Å². The third-order valence-corrected chi connectivity index (χ3v) is 4.21. The number of nitrogens with zero attached hydrogens (tertiary/aromatic N) is 2. The van der Waals surface area contributed by atoms with Gasteiger partial charge in [0, 0.05) is 13.1 Å². The van der Waals surface area contributed by atoms with Crippen molar-refractivity contribution in [1.82, 2.24) is 10.2 Å². The Morgan fingerprint density at radius 2 is 1.90 bits per heavy atom. The third kappa shape index (κ3) is 4.59. The summed E-state index contributed by atoms with van der Waals surface area (Å²) in [5, 5.41) is 15.2. The van der Waals surface area contributed by atoms with Gasteiger partial charge in [0.15, 0.2) is 5.84 Å². The minimum atomic E-state index is -0.832. The van der Waals surface area contributed by atoms with Gasteiger partial charge in [0.05, 0.1) is 0 Å². The van der Waals surface area contributed by atoms with Crippen LogP contribution in [0.5, 0.6) is 0 Å². The SMILES string of the molecule is CN(C)CC(C)(C)CNC(=O)C1(C(N)=NO)CCCCC1. The molecule has 0 heterocycles. The van der Waals surface area contributed by atoms with E-state index in [1.54, 1.807) is 0 Å². The Morgan fingerprint density at radius 3 is 2.38 bits per heavy atom. The van der Waals surface area contributed by atoms with Crippen LogP contribution < -0.4 is 11.1 Å². The average Bonchev–Trinajstić information content (AvgIpc) is 2.43. The van der Waals surface area contributed by atoms with Gasteiger partial charge >= 0.3 is 0 Å². The molecule has 0 saturated heterocycles. The number of hydrogen-bond donors (Lipinski definition) is 3. The number of nitrogens with two attached hydrogens (primary N) is 1. The zero-order chi connectivity index (χ0) is 16.1. The second-order valence-corrected chi connectivity index (χ2v) is 7.21. The van der Waals surface area contributed by atoms with Crippen molar-refractivity contribution in [3.63, 3.8) is 0 Å². The van der Waals surface area contributed by atoms with Crippen LogP contribution in [0.15, 0.2) is 5.16 Å². The van der Waals surface area contributed by atoms with Crippen LogP contribution in [-0.4, -0.2) is 49.0 Å². The summed E-state index contributed by atoms with van der Waals surface area (Å²) < 4.78 is 0. The number of nitrogens with one attached hydrogen (secondary N) is 1. The molecular weight excluding hydrogens is 268 g/mol. The molecule has 0 unspecified atom stereocenters. The van der Waals surface area contributed by atoms with E-state index in [0.717, 1.165) is 25.8 Å². The van der Waals surface area contributed by atoms with Crippen LogP contribution in [0.2, 0.25) is 0 Å². The van der Waals surface area contributed by atoms with Crippen molar-refractivity contribution in [3.8, 4) is 0 Å². The van der Waals surface area contributed by atoms with Crippen LogP contribution in [0.4, 0.5) is 0 Å². The normalized spacial score (nSPS) is 19.6. The Balaban J connectivity index is 2.74. The molecule has 1 fully saturated rings. The molecule has 122 valence electrons. The molecule has 0 aromatic heterocycles. The smallest absolute Gasteiger partial charge is 0.233 e. The van der Waals surface area contributed by atoms with Gasteiger partial charge < -0.3 is 21.2 Å². The third-order valence-electron chi connectivity index (χ3n) is 4.21.